The van der Waals surface area contributed by atoms with Gasteiger partial charge in [-0.25, -0.2) is 0 Å². The minimum absolute atomic E-state index is 0.0861. The molecule has 0 atom stereocenters. The summed E-state index contributed by atoms with van der Waals surface area (Å²) >= 11 is 3.12. The number of amides is 1. The van der Waals surface area contributed by atoms with Crippen LogP contribution >= 0.6 is 23.1 Å². The lowest BCUT2D eigenvalue weighted by molar-refractivity contribution is -0.115. The number of carbonyl (C=O) groups is 1. The number of benzene rings is 2. The number of nitrogens with zero attached hydrogens (tertiary/aromatic N) is 2. The number of carbonyl (C=O) groups excluding carboxylic acids is 1. The summed E-state index contributed by atoms with van der Waals surface area (Å²) in [6.45, 7) is 5.10. The highest BCUT2D eigenvalue weighted by Crippen LogP contribution is 2.20. The zero-order valence-corrected chi connectivity index (χ0v) is 15.5. The average Bonchev–Trinajstić information content (AvgIpc) is 2.91. The van der Waals surface area contributed by atoms with Crippen LogP contribution in [0.3, 0.4) is 0 Å². The van der Waals surface area contributed by atoms with Gasteiger partial charge < -0.3 is 4.57 Å². The Labute approximate surface area is 150 Å². The SMILES string of the molecule is CCCn1c(=NC(=O)CSc2ccccc2)sc2cc(C)ccc21. The maximum absolute atomic E-state index is 12.3. The lowest BCUT2D eigenvalue weighted by atomic mass is 10.2. The fourth-order valence-electron chi connectivity index (χ4n) is 2.51. The Bertz CT molecular complexity index is 910. The molecule has 0 radical (unpaired) electrons. The van der Waals surface area contributed by atoms with Gasteiger partial charge in [-0.3, -0.25) is 4.79 Å². The van der Waals surface area contributed by atoms with Crippen molar-refractivity contribution in [3.63, 3.8) is 0 Å². The van der Waals surface area contributed by atoms with Crippen LogP contribution in [0.1, 0.15) is 18.9 Å². The summed E-state index contributed by atoms with van der Waals surface area (Å²) in [5.74, 6) is 0.278. The number of rotatable bonds is 5. The molecule has 1 amide bonds. The molecule has 0 aliphatic rings. The average molecular weight is 357 g/mol. The van der Waals surface area contributed by atoms with E-state index in [0.717, 1.165) is 28.2 Å². The lowest BCUT2D eigenvalue weighted by Gasteiger charge is -2.03. The van der Waals surface area contributed by atoms with Gasteiger partial charge in [-0.05, 0) is 43.2 Å². The van der Waals surface area contributed by atoms with Crippen LogP contribution in [-0.4, -0.2) is 16.2 Å². The molecular weight excluding hydrogens is 336 g/mol. The Morgan fingerprint density at radius 3 is 2.75 bits per heavy atom. The Morgan fingerprint density at radius 1 is 1.21 bits per heavy atom. The molecule has 0 aliphatic heterocycles. The molecule has 0 N–H and O–H groups in total. The first-order chi connectivity index (χ1) is 11.7. The van der Waals surface area contributed by atoms with E-state index >= 15 is 0 Å². The lowest BCUT2D eigenvalue weighted by Crippen LogP contribution is -2.17. The molecular formula is C19H20N2OS2. The molecule has 0 bridgehead atoms. The van der Waals surface area contributed by atoms with Crippen LogP contribution in [0.5, 0.6) is 0 Å². The molecule has 1 aromatic heterocycles. The quantitative estimate of drug-likeness (QED) is 0.624. The summed E-state index contributed by atoms with van der Waals surface area (Å²) in [6, 6.07) is 16.4. The van der Waals surface area contributed by atoms with Gasteiger partial charge in [0.25, 0.3) is 5.91 Å². The monoisotopic (exact) mass is 356 g/mol. The summed E-state index contributed by atoms with van der Waals surface area (Å²) < 4.78 is 3.34. The van der Waals surface area contributed by atoms with E-state index in [1.165, 1.54) is 22.0 Å². The van der Waals surface area contributed by atoms with Crippen molar-refractivity contribution in [3.05, 3.63) is 58.9 Å². The van der Waals surface area contributed by atoms with Crippen molar-refractivity contribution >= 4 is 39.2 Å². The summed E-state index contributed by atoms with van der Waals surface area (Å²) in [6.07, 6.45) is 1.01. The number of hydrogen-bond donors (Lipinski definition) is 0. The van der Waals surface area contributed by atoms with Crippen molar-refractivity contribution in [2.45, 2.75) is 31.7 Å². The summed E-state index contributed by atoms with van der Waals surface area (Å²) in [5, 5.41) is 0. The fourth-order valence-corrected chi connectivity index (χ4v) is 4.38. The van der Waals surface area contributed by atoms with Gasteiger partial charge in [-0.1, -0.05) is 42.5 Å². The standard InChI is InChI=1S/C19H20N2OS2/c1-3-11-21-16-10-9-14(2)12-17(16)24-19(21)20-18(22)13-23-15-7-5-4-6-8-15/h4-10,12H,3,11,13H2,1-2H3. The van der Waals surface area contributed by atoms with E-state index in [1.54, 1.807) is 11.3 Å². The molecule has 0 saturated carbocycles. The first-order valence-electron chi connectivity index (χ1n) is 8.03. The molecule has 24 heavy (non-hydrogen) atoms. The molecule has 0 unspecified atom stereocenters. The second-order valence-corrected chi connectivity index (χ2v) is 7.67. The second-order valence-electron chi connectivity index (χ2n) is 5.61. The van der Waals surface area contributed by atoms with Gasteiger partial charge in [0, 0.05) is 11.4 Å². The summed E-state index contributed by atoms with van der Waals surface area (Å²) in [4.78, 5) is 18.6. The van der Waals surface area contributed by atoms with Crippen molar-refractivity contribution in [3.8, 4) is 0 Å². The number of hydrogen-bond acceptors (Lipinski definition) is 3. The highest BCUT2D eigenvalue weighted by molar-refractivity contribution is 8.00. The molecule has 0 aliphatic carbocycles. The topological polar surface area (TPSA) is 34.4 Å². The highest BCUT2D eigenvalue weighted by atomic mass is 32.2. The Balaban J connectivity index is 1.88. The number of thiazole rings is 1. The molecule has 0 saturated heterocycles. The first kappa shape index (κ1) is 17.0. The highest BCUT2D eigenvalue weighted by Gasteiger charge is 2.08. The van der Waals surface area contributed by atoms with E-state index in [-0.39, 0.29) is 5.91 Å². The molecule has 3 nitrogen and oxygen atoms in total. The van der Waals surface area contributed by atoms with Gasteiger partial charge in [0.15, 0.2) is 4.80 Å². The van der Waals surface area contributed by atoms with E-state index in [1.807, 2.05) is 30.3 Å². The minimum atomic E-state index is -0.0861. The van der Waals surface area contributed by atoms with Crippen molar-refractivity contribution in [2.24, 2.45) is 4.99 Å². The molecule has 2 aromatic carbocycles. The number of thioether (sulfide) groups is 1. The molecule has 1 heterocycles. The van der Waals surface area contributed by atoms with Crippen molar-refractivity contribution in [2.75, 3.05) is 5.75 Å². The van der Waals surface area contributed by atoms with E-state index in [9.17, 15) is 4.79 Å². The fraction of sp³-hybridized carbons (Fsp3) is 0.263. The van der Waals surface area contributed by atoms with Gasteiger partial charge in [-0.15, -0.1) is 11.8 Å². The number of fused-ring (bicyclic) bond motifs is 1. The molecule has 3 aromatic rings. The van der Waals surface area contributed by atoms with Crippen molar-refractivity contribution in [1.29, 1.82) is 0 Å². The van der Waals surface area contributed by atoms with Crippen molar-refractivity contribution < 1.29 is 4.79 Å². The third kappa shape index (κ3) is 3.97. The van der Waals surface area contributed by atoms with Gasteiger partial charge in [-0.2, -0.15) is 4.99 Å². The molecule has 0 spiro atoms. The maximum atomic E-state index is 12.3. The van der Waals surface area contributed by atoms with E-state index in [2.05, 4.69) is 41.6 Å². The van der Waals surface area contributed by atoms with E-state index in [0.29, 0.717) is 5.75 Å². The van der Waals surface area contributed by atoms with Gasteiger partial charge in [0.2, 0.25) is 0 Å². The number of aryl methyl sites for hydroxylation is 2. The van der Waals surface area contributed by atoms with Crippen LogP contribution in [0.15, 0.2) is 58.4 Å². The van der Waals surface area contributed by atoms with Gasteiger partial charge in [0.05, 0.1) is 16.0 Å². The Hall–Kier alpha value is -1.85. The van der Waals surface area contributed by atoms with Crippen LogP contribution in [0.4, 0.5) is 0 Å². The Kier molecular flexibility index (Phi) is 5.53. The second kappa shape index (κ2) is 7.81. The smallest absolute Gasteiger partial charge is 0.258 e. The molecule has 3 rings (SSSR count). The minimum Gasteiger partial charge on any atom is -0.316 e. The van der Waals surface area contributed by atoms with Crippen molar-refractivity contribution in [1.82, 2.24) is 4.57 Å². The molecule has 124 valence electrons. The van der Waals surface area contributed by atoms with E-state index < -0.39 is 0 Å². The zero-order valence-electron chi connectivity index (χ0n) is 13.9. The van der Waals surface area contributed by atoms with Crippen LogP contribution in [0, 0.1) is 6.92 Å². The van der Waals surface area contributed by atoms with Crippen LogP contribution in [0.2, 0.25) is 0 Å². The predicted molar refractivity (Wildman–Crippen MR) is 103 cm³/mol. The predicted octanol–water partition coefficient (Wildman–Crippen LogP) is 4.64. The van der Waals surface area contributed by atoms with Crippen LogP contribution < -0.4 is 4.80 Å². The van der Waals surface area contributed by atoms with Gasteiger partial charge in [0.1, 0.15) is 0 Å². The third-order valence-corrected chi connectivity index (χ3v) is 5.65. The molecule has 0 fully saturated rings. The first-order valence-corrected chi connectivity index (χ1v) is 9.83. The third-order valence-electron chi connectivity index (χ3n) is 3.61. The normalized spacial score (nSPS) is 12.0. The zero-order chi connectivity index (χ0) is 16.9. The summed E-state index contributed by atoms with van der Waals surface area (Å²) in [5.41, 5.74) is 2.39. The Morgan fingerprint density at radius 2 is 2.00 bits per heavy atom. The van der Waals surface area contributed by atoms with Gasteiger partial charge >= 0.3 is 0 Å². The van der Waals surface area contributed by atoms with Crippen LogP contribution in [0.25, 0.3) is 10.2 Å². The largest absolute Gasteiger partial charge is 0.316 e. The summed E-state index contributed by atoms with van der Waals surface area (Å²) in [7, 11) is 0. The number of aromatic nitrogens is 1. The van der Waals surface area contributed by atoms with E-state index in [4.69, 9.17) is 0 Å². The van der Waals surface area contributed by atoms with Crippen LogP contribution in [-0.2, 0) is 11.3 Å². The molecule has 5 heteroatoms. The maximum Gasteiger partial charge on any atom is 0.258 e.